The molecule has 2 fully saturated rings. The zero-order valence-electron chi connectivity index (χ0n) is 13.8. The van der Waals surface area contributed by atoms with Gasteiger partial charge in [0.2, 0.25) is 5.91 Å². The summed E-state index contributed by atoms with van der Waals surface area (Å²) in [5.41, 5.74) is 1.17. The first-order chi connectivity index (χ1) is 11.8. The van der Waals surface area contributed by atoms with Crippen LogP contribution in [0.4, 0.5) is 4.79 Å². The lowest BCUT2D eigenvalue weighted by Gasteiger charge is -2.23. The normalized spacial score (nSPS) is 22.1. The van der Waals surface area contributed by atoms with Crippen LogP contribution in [0, 0.1) is 0 Å². The van der Waals surface area contributed by atoms with Gasteiger partial charge in [-0.3, -0.25) is 14.5 Å². The minimum absolute atomic E-state index is 0.000489. The molecule has 0 bridgehead atoms. The van der Waals surface area contributed by atoms with E-state index in [-0.39, 0.29) is 42.5 Å². The van der Waals surface area contributed by atoms with Gasteiger partial charge in [0.15, 0.2) is 9.84 Å². The van der Waals surface area contributed by atoms with Gasteiger partial charge < -0.3 is 10.2 Å². The van der Waals surface area contributed by atoms with Gasteiger partial charge in [-0.25, -0.2) is 13.2 Å². The SMILES string of the molecule is CN(C(=O)c1ccc(CN2C(=O)CNC2=O)cc1)[C@H]1CCS(=O)(=O)C1. The van der Waals surface area contributed by atoms with Crippen LogP contribution in [0.3, 0.4) is 0 Å². The smallest absolute Gasteiger partial charge is 0.324 e. The van der Waals surface area contributed by atoms with Crippen LogP contribution < -0.4 is 5.32 Å². The highest BCUT2D eigenvalue weighted by Crippen LogP contribution is 2.19. The highest BCUT2D eigenvalue weighted by Gasteiger charge is 2.33. The van der Waals surface area contributed by atoms with Gasteiger partial charge in [-0.05, 0) is 24.1 Å². The van der Waals surface area contributed by atoms with E-state index in [2.05, 4.69) is 5.32 Å². The van der Waals surface area contributed by atoms with Crippen molar-refractivity contribution in [2.75, 3.05) is 25.1 Å². The minimum Gasteiger partial charge on any atom is -0.338 e. The molecule has 3 rings (SSSR count). The van der Waals surface area contributed by atoms with E-state index in [9.17, 15) is 22.8 Å². The lowest BCUT2D eigenvalue weighted by atomic mass is 10.1. The Bertz CT molecular complexity index is 803. The van der Waals surface area contributed by atoms with Crippen molar-refractivity contribution in [3.05, 3.63) is 35.4 Å². The number of amides is 4. The summed E-state index contributed by atoms with van der Waals surface area (Å²) in [5.74, 6) is -0.421. The molecular weight excluding hydrogens is 346 g/mol. The predicted molar refractivity (Wildman–Crippen MR) is 89.5 cm³/mol. The Balaban J connectivity index is 1.66. The summed E-state index contributed by atoms with van der Waals surface area (Å²) < 4.78 is 23.1. The van der Waals surface area contributed by atoms with Crippen molar-refractivity contribution in [3.63, 3.8) is 0 Å². The topological polar surface area (TPSA) is 104 Å². The van der Waals surface area contributed by atoms with Crippen molar-refractivity contribution in [2.45, 2.75) is 19.0 Å². The molecule has 1 N–H and O–H groups in total. The van der Waals surface area contributed by atoms with E-state index in [1.807, 2.05) is 0 Å². The standard InChI is InChI=1S/C16H19N3O5S/c1-18(13-6-7-25(23,24)10-13)15(21)12-4-2-11(3-5-12)9-19-14(20)8-17-16(19)22/h2-5,13H,6-10H2,1H3,(H,17,22)/t13-/m0/s1. The summed E-state index contributed by atoms with van der Waals surface area (Å²) in [6.45, 7) is 0.153. The Morgan fingerprint density at radius 3 is 2.48 bits per heavy atom. The van der Waals surface area contributed by atoms with Gasteiger partial charge >= 0.3 is 6.03 Å². The lowest BCUT2D eigenvalue weighted by Crippen LogP contribution is -2.37. The second kappa shape index (κ2) is 6.47. The first kappa shape index (κ1) is 17.4. The van der Waals surface area contributed by atoms with Crippen LogP contribution in [0.2, 0.25) is 0 Å². The molecule has 2 aliphatic heterocycles. The fourth-order valence-electron chi connectivity index (χ4n) is 3.00. The Morgan fingerprint density at radius 1 is 1.28 bits per heavy atom. The number of imide groups is 1. The number of carbonyl (C=O) groups is 3. The third-order valence-electron chi connectivity index (χ3n) is 4.56. The monoisotopic (exact) mass is 365 g/mol. The quantitative estimate of drug-likeness (QED) is 0.756. The Morgan fingerprint density at radius 2 is 1.96 bits per heavy atom. The average Bonchev–Trinajstić information content (AvgIpc) is 3.10. The zero-order chi connectivity index (χ0) is 18.2. The number of benzene rings is 1. The molecule has 2 aliphatic rings. The molecule has 0 aromatic heterocycles. The first-order valence-electron chi connectivity index (χ1n) is 7.91. The molecule has 9 heteroatoms. The van der Waals surface area contributed by atoms with Crippen molar-refractivity contribution < 1.29 is 22.8 Å². The van der Waals surface area contributed by atoms with Gasteiger partial charge in [0.1, 0.15) is 0 Å². The molecule has 0 radical (unpaired) electrons. The van der Waals surface area contributed by atoms with E-state index in [1.54, 1.807) is 31.3 Å². The molecule has 25 heavy (non-hydrogen) atoms. The summed E-state index contributed by atoms with van der Waals surface area (Å²) in [4.78, 5) is 38.2. The van der Waals surface area contributed by atoms with Crippen molar-refractivity contribution in [3.8, 4) is 0 Å². The molecule has 134 valence electrons. The van der Waals surface area contributed by atoms with Crippen LogP contribution >= 0.6 is 0 Å². The highest BCUT2D eigenvalue weighted by molar-refractivity contribution is 7.91. The van der Waals surface area contributed by atoms with E-state index in [0.717, 1.165) is 10.5 Å². The van der Waals surface area contributed by atoms with Gasteiger partial charge in [0, 0.05) is 18.7 Å². The second-order valence-electron chi connectivity index (χ2n) is 6.31. The average molecular weight is 365 g/mol. The Hall–Kier alpha value is -2.42. The number of rotatable bonds is 4. The Labute approximate surface area is 145 Å². The van der Waals surface area contributed by atoms with Crippen LogP contribution in [0.15, 0.2) is 24.3 Å². The Kier molecular flexibility index (Phi) is 4.51. The third kappa shape index (κ3) is 3.65. The van der Waals surface area contributed by atoms with Gasteiger partial charge in [-0.2, -0.15) is 0 Å². The molecule has 0 spiro atoms. The predicted octanol–water partition coefficient (Wildman–Crippen LogP) is -0.00250. The third-order valence-corrected chi connectivity index (χ3v) is 6.31. The maximum Gasteiger partial charge on any atom is 0.324 e. The maximum atomic E-state index is 12.5. The summed E-state index contributed by atoms with van der Waals surface area (Å²) in [6, 6.07) is 5.89. The molecule has 2 heterocycles. The largest absolute Gasteiger partial charge is 0.338 e. The van der Waals surface area contributed by atoms with Crippen LogP contribution in [0.25, 0.3) is 0 Å². The number of hydrogen-bond acceptors (Lipinski definition) is 5. The lowest BCUT2D eigenvalue weighted by molar-refractivity contribution is -0.125. The number of sulfone groups is 1. The van der Waals surface area contributed by atoms with Crippen molar-refractivity contribution in [1.82, 2.24) is 15.1 Å². The molecule has 1 aromatic carbocycles. The van der Waals surface area contributed by atoms with Crippen LogP contribution in [0.5, 0.6) is 0 Å². The maximum absolute atomic E-state index is 12.5. The summed E-state index contributed by atoms with van der Waals surface area (Å²) >= 11 is 0. The van der Waals surface area contributed by atoms with E-state index in [0.29, 0.717) is 12.0 Å². The van der Waals surface area contributed by atoms with Gasteiger partial charge in [0.05, 0.1) is 24.6 Å². The zero-order valence-corrected chi connectivity index (χ0v) is 14.6. The molecule has 4 amide bonds. The second-order valence-corrected chi connectivity index (χ2v) is 8.54. The van der Waals surface area contributed by atoms with Crippen LogP contribution in [0.1, 0.15) is 22.3 Å². The van der Waals surface area contributed by atoms with E-state index in [4.69, 9.17) is 0 Å². The van der Waals surface area contributed by atoms with E-state index in [1.165, 1.54) is 4.90 Å². The van der Waals surface area contributed by atoms with Gasteiger partial charge in [-0.15, -0.1) is 0 Å². The van der Waals surface area contributed by atoms with E-state index < -0.39 is 15.9 Å². The van der Waals surface area contributed by atoms with Crippen molar-refractivity contribution in [1.29, 1.82) is 0 Å². The first-order valence-corrected chi connectivity index (χ1v) is 9.74. The molecular formula is C16H19N3O5S. The molecule has 2 saturated heterocycles. The highest BCUT2D eigenvalue weighted by atomic mass is 32.2. The van der Waals surface area contributed by atoms with Crippen LogP contribution in [-0.4, -0.2) is 67.2 Å². The molecule has 0 unspecified atom stereocenters. The fourth-order valence-corrected chi connectivity index (χ4v) is 4.78. The number of carbonyl (C=O) groups excluding carboxylic acids is 3. The fraction of sp³-hybridized carbons (Fsp3) is 0.438. The number of nitrogens with zero attached hydrogens (tertiary/aromatic N) is 2. The van der Waals surface area contributed by atoms with Gasteiger partial charge in [-0.1, -0.05) is 12.1 Å². The van der Waals surface area contributed by atoms with Gasteiger partial charge in [0.25, 0.3) is 5.91 Å². The van der Waals surface area contributed by atoms with Crippen molar-refractivity contribution >= 4 is 27.7 Å². The summed E-state index contributed by atoms with van der Waals surface area (Å²) in [6.07, 6.45) is 0.453. The number of nitrogens with one attached hydrogen (secondary N) is 1. The molecule has 1 aromatic rings. The number of hydrogen-bond donors (Lipinski definition) is 1. The number of urea groups is 1. The minimum atomic E-state index is -3.06. The summed E-state index contributed by atoms with van der Waals surface area (Å²) in [7, 11) is -1.45. The van der Waals surface area contributed by atoms with Crippen LogP contribution in [-0.2, 0) is 21.2 Å². The molecule has 0 saturated carbocycles. The molecule has 0 aliphatic carbocycles. The van der Waals surface area contributed by atoms with Crippen molar-refractivity contribution in [2.24, 2.45) is 0 Å². The van der Waals surface area contributed by atoms with E-state index >= 15 is 0 Å². The summed E-state index contributed by atoms with van der Waals surface area (Å²) in [5, 5.41) is 2.45. The molecule has 8 nitrogen and oxygen atoms in total. The molecule has 1 atom stereocenters.